The molecule has 0 unspecified atom stereocenters. The average Bonchev–Trinajstić information content (AvgIpc) is 2.85. The number of pyridine rings is 1. The van der Waals surface area contributed by atoms with Crippen molar-refractivity contribution in [2.24, 2.45) is 0 Å². The van der Waals surface area contributed by atoms with E-state index in [-0.39, 0.29) is 0 Å². The van der Waals surface area contributed by atoms with Gasteiger partial charge in [-0.3, -0.25) is 0 Å². The monoisotopic (exact) mass is 287 g/mol. The van der Waals surface area contributed by atoms with Gasteiger partial charge < -0.3 is 14.8 Å². The Balaban J connectivity index is 1.91. The van der Waals surface area contributed by atoms with Crippen molar-refractivity contribution in [3.05, 3.63) is 18.1 Å². The zero-order valence-electron chi connectivity index (χ0n) is 13.4. The highest BCUT2D eigenvalue weighted by Crippen LogP contribution is 2.26. The summed E-state index contributed by atoms with van der Waals surface area (Å²) in [5, 5.41) is 3.69. The van der Waals surface area contributed by atoms with Gasteiger partial charge in [-0.25, -0.2) is 9.97 Å². The summed E-state index contributed by atoms with van der Waals surface area (Å²) in [5.74, 6) is 0. The first kappa shape index (κ1) is 14.3. The minimum absolute atomic E-state index is 0.375. The molecule has 2 aromatic rings. The Morgan fingerprint density at radius 1 is 1.29 bits per heavy atom. The summed E-state index contributed by atoms with van der Waals surface area (Å²) in [6, 6.07) is 3.04. The van der Waals surface area contributed by atoms with Crippen LogP contribution in [0.1, 0.15) is 38.4 Å². The van der Waals surface area contributed by atoms with E-state index in [4.69, 9.17) is 0 Å². The predicted molar refractivity (Wildman–Crippen MR) is 86.8 cm³/mol. The maximum absolute atomic E-state index is 4.67. The molecule has 5 nitrogen and oxygen atoms in total. The van der Waals surface area contributed by atoms with Crippen molar-refractivity contribution in [1.29, 1.82) is 0 Å². The fraction of sp³-hybridized carbons (Fsp3) is 0.625. The summed E-state index contributed by atoms with van der Waals surface area (Å²) in [5.41, 5.74) is 4.15. The van der Waals surface area contributed by atoms with Gasteiger partial charge in [0, 0.05) is 17.8 Å². The molecular formula is C16H25N5. The van der Waals surface area contributed by atoms with Crippen molar-refractivity contribution in [2.45, 2.75) is 45.7 Å². The smallest absolute Gasteiger partial charge is 0.162 e. The number of aryl methyl sites for hydroxylation is 1. The molecule has 3 rings (SSSR count). The molecule has 2 aromatic heterocycles. The predicted octanol–water partition coefficient (Wildman–Crippen LogP) is 2.83. The summed E-state index contributed by atoms with van der Waals surface area (Å²) >= 11 is 0. The number of hydrogen-bond donors (Lipinski definition) is 1. The lowest BCUT2D eigenvalue weighted by Crippen LogP contribution is -2.36. The van der Waals surface area contributed by atoms with Gasteiger partial charge in [0.05, 0.1) is 12.0 Å². The fourth-order valence-electron chi connectivity index (χ4n) is 2.99. The van der Waals surface area contributed by atoms with Crippen LogP contribution in [0.25, 0.3) is 11.2 Å². The van der Waals surface area contributed by atoms with Crippen LogP contribution < -0.4 is 5.32 Å². The molecule has 3 heterocycles. The summed E-state index contributed by atoms with van der Waals surface area (Å²) in [6.07, 6.45) is 4.27. The van der Waals surface area contributed by atoms with Gasteiger partial charge in [-0.2, -0.15) is 0 Å². The van der Waals surface area contributed by atoms with Crippen molar-refractivity contribution in [2.75, 3.05) is 25.5 Å². The second-order valence-corrected chi connectivity index (χ2v) is 6.45. The summed E-state index contributed by atoms with van der Waals surface area (Å²) in [4.78, 5) is 11.7. The number of anilines is 1. The van der Waals surface area contributed by atoms with Crippen LogP contribution in [0.2, 0.25) is 0 Å². The van der Waals surface area contributed by atoms with Crippen LogP contribution in [0, 0.1) is 6.92 Å². The lowest BCUT2D eigenvalue weighted by molar-refractivity contribution is 0.264. The average molecular weight is 287 g/mol. The molecule has 0 aromatic carbocycles. The van der Waals surface area contributed by atoms with Crippen molar-refractivity contribution >= 4 is 16.9 Å². The Hall–Kier alpha value is -1.62. The number of piperidine rings is 1. The first-order chi connectivity index (χ1) is 10.0. The Labute approximate surface area is 126 Å². The molecule has 0 amide bonds. The fourth-order valence-corrected chi connectivity index (χ4v) is 2.99. The minimum Gasteiger partial charge on any atom is -0.380 e. The van der Waals surface area contributed by atoms with Crippen LogP contribution >= 0.6 is 0 Å². The largest absolute Gasteiger partial charge is 0.380 e. The lowest BCUT2D eigenvalue weighted by atomic mass is 10.1. The molecule has 1 N–H and O–H groups in total. The number of imidazole rings is 1. The third-order valence-electron chi connectivity index (χ3n) is 4.29. The number of hydrogen-bond acceptors (Lipinski definition) is 4. The molecule has 0 spiro atoms. The quantitative estimate of drug-likeness (QED) is 0.943. The molecule has 1 aliphatic rings. The van der Waals surface area contributed by atoms with Crippen LogP contribution in [0.5, 0.6) is 0 Å². The zero-order chi connectivity index (χ0) is 15.0. The normalized spacial score (nSPS) is 17.8. The first-order valence-electron chi connectivity index (χ1n) is 7.84. The molecule has 1 fully saturated rings. The molecule has 0 atom stereocenters. The number of aromatic nitrogens is 3. The number of rotatable bonds is 3. The second kappa shape index (κ2) is 5.64. The SMILES string of the molecule is Cc1cc(NC2CCN(C)CC2)c2ncn(C(C)C)c2n1. The van der Waals surface area contributed by atoms with E-state index in [9.17, 15) is 0 Å². The van der Waals surface area contributed by atoms with Gasteiger partial charge in [-0.05, 0) is 59.8 Å². The Bertz CT molecular complexity index is 623. The molecule has 1 aliphatic heterocycles. The molecule has 5 heteroatoms. The lowest BCUT2D eigenvalue weighted by Gasteiger charge is -2.30. The number of fused-ring (bicyclic) bond motifs is 1. The molecule has 114 valence electrons. The van der Waals surface area contributed by atoms with Crippen LogP contribution in [0.4, 0.5) is 5.69 Å². The van der Waals surface area contributed by atoms with Crippen LogP contribution in [0.3, 0.4) is 0 Å². The van der Waals surface area contributed by atoms with E-state index in [1.54, 1.807) is 0 Å². The molecular weight excluding hydrogens is 262 g/mol. The van der Waals surface area contributed by atoms with Gasteiger partial charge in [0.2, 0.25) is 0 Å². The Morgan fingerprint density at radius 3 is 2.67 bits per heavy atom. The molecule has 1 saturated heterocycles. The highest BCUT2D eigenvalue weighted by Gasteiger charge is 2.19. The topological polar surface area (TPSA) is 46.0 Å². The standard InChI is InChI=1S/C16H25N5/c1-11(2)21-10-17-15-14(9-12(3)18-16(15)21)19-13-5-7-20(4)8-6-13/h9-11,13H,5-8H2,1-4H3,(H,18,19). The van der Waals surface area contributed by atoms with Crippen molar-refractivity contribution in [1.82, 2.24) is 19.4 Å². The van der Waals surface area contributed by atoms with Gasteiger partial charge >= 0.3 is 0 Å². The van der Waals surface area contributed by atoms with Crippen LogP contribution in [0.15, 0.2) is 12.4 Å². The number of likely N-dealkylation sites (tertiary alicyclic amines) is 1. The molecule has 21 heavy (non-hydrogen) atoms. The van der Waals surface area contributed by atoms with Gasteiger partial charge in [0.25, 0.3) is 0 Å². The minimum atomic E-state index is 0.375. The van der Waals surface area contributed by atoms with Crippen molar-refractivity contribution in [3.8, 4) is 0 Å². The van der Waals surface area contributed by atoms with Crippen molar-refractivity contribution in [3.63, 3.8) is 0 Å². The third kappa shape index (κ3) is 2.88. The van der Waals surface area contributed by atoms with E-state index in [2.05, 4.69) is 58.6 Å². The van der Waals surface area contributed by atoms with Gasteiger partial charge in [0.15, 0.2) is 5.65 Å². The van der Waals surface area contributed by atoms with Crippen LogP contribution in [-0.2, 0) is 0 Å². The molecule has 0 saturated carbocycles. The highest BCUT2D eigenvalue weighted by atomic mass is 15.1. The maximum Gasteiger partial charge on any atom is 0.162 e. The second-order valence-electron chi connectivity index (χ2n) is 6.45. The van der Waals surface area contributed by atoms with Gasteiger partial charge in [0.1, 0.15) is 5.52 Å². The van der Waals surface area contributed by atoms with Gasteiger partial charge in [-0.1, -0.05) is 0 Å². The summed E-state index contributed by atoms with van der Waals surface area (Å²) in [6.45, 7) is 8.69. The highest BCUT2D eigenvalue weighted by molar-refractivity contribution is 5.86. The summed E-state index contributed by atoms with van der Waals surface area (Å²) in [7, 11) is 2.19. The van der Waals surface area contributed by atoms with E-state index >= 15 is 0 Å². The number of nitrogens with zero attached hydrogens (tertiary/aromatic N) is 4. The van der Waals surface area contributed by atoms with Crippen LogP contribution in [-0.4, -0.2) is 45.6 Å². The van der Waals surface area contributed by atoms with Gasteiger partial charge in [-0.15, -0.1) is 0 Å². The van der Waals surface area contributed by atoms with Crippen molar-refractivity contribution < 1.29 is 0 Å². The molecule has 0 bridgehead atoms. The first-order valence-corrected chi connectivity index (χ1v) is 7.84. The van der Waals surface area contributed by atoms with E-state index in [1.165, 1.54) is 12.8 Å². The van der Waals surface area contributed by atoms with E-state index < -0.39 is 0 Å². The third-order valence-corrected chi connectivity index (χ3v) is 4.29. The van der Waals surface area contributed by atoms with E-state index in [1.807, 2.05) is 6.33 Å². The summed E-state index contributed by atoms with van der Waals surface area (Å²) < 4.78 is 2.14. The molecule has 0 aliphatic carbocycles. The Morgan fingerprint density at radius 2 is 2.00 bits per heavy atom. The number of nitrogens with one attached hydrogen (secondary N) is 1. The maximum atomic E-state index is 4.67. The zero-order valence-corrected chi connectivity index (χ0v) is 13.4. The Kier molecular flexibility index (Phi) is 3.85. The molecule has 0 radical (unpaired) electrons. The van der Waals surface area contributed by atoms with E-state index in [0.717, 1.165) is 35.6 Å². The van der Waals surface area contributed by atoms with E-state index in [0.29, 0.717) is 12.1 Å².